The molecule has 0 aromatic carbocycles. The Hall–Kier alpha value is -1.44. The smallest absolute Gasteiger partial charge is 0.312 e. The molecule has 0 fully saturated rings. The standard InChI is InChI=1S/C11H16ClN3O4/c1-18-5-6-19-4-2-3-13-11-10(15(16)17)7-9(12)8-14-11/h7-8H,2-6H2,1H3,(H,13,14). The van der Waals surface area contributed by atoms with E-state index in [1.165, 1.54) is 12.3 Å². The highest BCUT2D eigenvalue weighted by molar-refractivity contribution is 6.30. The summed E-state index contributed by atoms with van der Waals surface area (Å²) in [5.74, 6) is 0.214. The summed E-state index contributed by atoms with van der Waals surface area (Å²) in [6.07, 6.45) is 2.08. The summed E-state index contributed by atoms with van der Waals surface area (Å²) in [5, 5.41) is 13.9. The third-order valence-electron chi connectivity index (χ3n) is 2.22. The lowest BCUT2D eigenvalue weighted by atomic mass is 10.3. The van der Waals surface area contributed by atoms with Crippen molar-refractivity contribution in [3.05, 3.63) is 27.4 Å². The highest BCUT2D eigenvalue weighted by Gasteiger charge is 2.15. The normalized spacial score (nSPS) is 10.4. The predicted octanol–water partition coefficient (Wildman–Crippen LogP) is 2.11. The van der Waals surface area contributed by atoms with Gasteiger partial charge in [0.25, 0.3) is 0 Å². The van der Waals surface area contributed by atoms with Gasteiger partial charge in [0.1, 0.15) is 0 Å². The molecule has 0 radical (unpaired) electrons. The van der Waals surface area contributed by atoms with Crippen LogP contribution in [0.2, 0.25) is 5.02 Å². The number of aromatic nitrogens is 1. The lowest BCUT2D eigenvalue weighted by Crippen LogP contribution is -2.10. The average Bonchev–Trinajstić information content (AvgIpc) is 2.39. The largest absolute Gasteiger partial charge is 0.382 e. The fourth-order valence-electron chi connectivity index (χ4n) is 1.33. The van der Waals surface area contributed by atoms with E-state index in [9.17, 15) is 10.1 Å². The van der Waals surface area contributed by atoms with Crippen LogP contribution < -0.4 is 5.32 Å². The Kier molecular flexibility index (Phi) is 7.09. The Morgan fingerprint density at radius 1 is 1.47 bits per heavy atom. The molecule has 106 valence electrons. The van der Waals surface area contributed by atoms with Crippen molar-refractivity contribution in [1.82, 2.24) is 4.98 Å². The molecule has 0 atom stereocenters. The van der Waals surface area contributed by atoms with Crippen LogP contribution in [0, 0.1) is 10.1 Å². The molecule has 1 aromatic heterocycles. The first-order valence-electron chi connectivity index (χ1n) is 5.75. The minimum Gasteiger partial charge on any atom is -0.382 e. The van der Waals surface area contributed by atoms with E-state index >= 15 is 0 Å². The number of hydrogen-bond acceptors (Lipinski definition) is 6. The van der Waals surface area contributed by atoms with Crippen molar-refractivity contribution in [3.8, 4) is 0 Å². The zero-order chi connectivity index (χ0) is 14.1. The van der Waals surface area contributed by atoms with Gasteiger partial charge in [-0.1, -0.05) is 11.6 Å². The van der Waals surface area contributed by atoms with Crippen molar-refractivity contribution in [3.63, 3.8) is 0 Å². The molecule has 19 heavy (non-hydrogen) atoms. The van der Waals surface area contributed by atoms with Gasteiger partial charge in [0.2, 0.25) is 5.82 Å². The Bertz CT molecular complexity index is 417. The van der Waals surface area contributed by atoms with Crippen LogP contribution in [0.15, 0.2) is 12.3 Å². The molecule has 1 heterocycles. The Morgan fingerprint density at radius 2 is 2.26 bits per heavy atom. The minimum atomic E-state index is -0.518. The molecule has 1 N–H and O–H groups in total. The van der Waals surface area contributed by atoms with Gasteiger partial charge in [-0.3, -0.25) is 10.1 Å². The number of ether oxygens (including phenoxy) is 2. The van der Waals surface area contributed by atoms with E-state index in [2.05, 4.69) is 10.3 Å². The molecule has 0 saturated carbocycles. The monoisotopic (exact) mass is 289 g/mol. The summed E-state index contributed by atoms with van der Waals surface area (Å²) in [5.41, 5.74) is -0.132. The third-order valence-corrected chi connectivity index (χ3v) is 2.43. The molecule has 0 unspecified atom stereocenters. The highest BCUT2D eigenvalue weighted by Crippen LogP contribution is 2.24. The van der Waals surface area contributed by atoms with Gasteiger partial charge in [-0.25, -0.2) is 4.98 Å². The van der Waals surface area contributed by atoms with Crippen LogP contribution in [0.1, 0.15) is 6.42 Å². The predicted molar refractivity (Wildman–Crippen MR) is 71.7 cm³/mol. The topological polar surface area (TPSA) is 86.5 Å². The first-order chi connectivity index (χ1) is 9.15. The first kappa shape index (κ1) is 15.6. The molecule has 0 saturated heterocycles. The van der Waals surface area contributed by atoms with E-state index < -0.39 is 4.92 Å². The second-order valence-electron chi connectivity index (χ2n) is 3.66. The number of nitrogens with zero attached hydrogens (tertiary/aromatic N) is 2. The number of hydrogen-bond donors (Lipinski definition) is 1. The number of nitrogens with one attached hydrogen (secondary N) is 1. The quantitative estimate of drug-likeness (QED) is 0.426. The fraction of sp³-hybridized carbons (Fsp3) is 0.545. The van der Waals surface area contributed by atoms with Gasteiger partial charge in [-0.05, 0) is 6.42 Å². The SMILES string of the molecule is COCCOCCCNc1ncc(Cl)cc1[N+](=O)[O-]. The minimum absolute atomic E-state index is 0.132. The van der Waals surface area contributed by atoms with E-state index in [0.717, 1.165) is 0 Å². The van der Waals surface area contributed by atoms with Gasteiger partial charge in [-0.15, -0.1) is 0 Å². The lowest BCUT2D eigenvalue weighted by molar-refractivity contribution is -0.384. The summed E-state index contributed by atoms with van der Waals surface area (Å²) in [6, 6.07) is 1.27. The molecule has 0 amide bonds. The maximum atomic E-state index is 10.8. The van der Waals surface area contributed by atoms with E-state index in [1.54, 1.807) is 7.11 Å². The molecular weight excluding hydrogens is 274 g/mol. The number of nitro groups is 1. The summed E-state index contributed by atoms with van der Waals surface area (Å²) in [6.45, 7) is 2.17. The van der Waals surface area contributed by atoms with Gasteiger partial charge >= 0.3 is 5.69 Å². The second-order valence-corrected chi connectivity index (χ2v) is 4.10. The lowest BCUT2D eigenvalue weighted by Gasteiger charge is -2.07. The molecule has 1 rings (SSSR count). The van der Waals surface area contributed by atoms with Crippen LogP contribution in [0.25, 0.3) is 0 Å². The molecule has 0 bridgehead atoms. The van der Waals surface area contributed by atoms with Crippen molar-refractivity contribution in [2.75, 3.05) is 38.8 Å². The van der Waals surface area contributed by atoms with Gasteiger partial charge < -0.3 is 14.8 Å². The summed E-state index contributed by atoms with van der Waals surface area (Å²) < 4.78 is 10.1. The summed E-state index contributed by atoms with van der Waals surface area (Å²) in [7, 11) is 1.61. The molecule has 1 aromatic rings. The van der Waals surface area contributed by atoms with Gasteiger partial charge in [-0.2, -0.15) is 0 Å². The zero-order valence-electron chi connectivity index (χ0n) is 10.6. The fourth-order valence-corrected chi connectivity index (χ4v) is 1.48. The Morgan fingerprint density at radius 3 is 2.95 bits per heavy atom. The average molecular weight is 290 g/mol. The zero-order valence-corrected chi connectivity index (χ0v) is 11.4. The van der Waals surface area contributed by atoms with Gasteiger partial charge in [0.05, 0.1) is 23.2 Å². The molecule has 0 aliphatic heterocycles. The number of pyridine rings is 1. The number of anilines is 1. The van der Waals surface area contributed by atoms with E-state index in [1.807, 2.05) is 0 Å². The van der Waals surface area contributed by atoms with Crippen molar-refractivity contribution < 1.29 is 14.4 Å². The molecule has 0 aliphatic rings. The third kappa shape index (κ3) is 5.82. The van der Waals surface area contributed by atoms with E-state index in [-0.39, 0.29) is 16.5 Å². The van der Waals surface area contributed by atoms with Crippen molar-refractivity contribution in [2.24, 2.45) is 0 Å². The first-order valence-corrected chi connectivity index (χ1v) is 6.13. The molecule has 0 aliphatic carbocycles. The number of halogens is 1. The second kappa shape index (κ2) is 8.63. The molecule has 8 heteroatoms. The van der Waals surface area contributed by atoms with Gasteiger partial charge in [0, 0.05) is 32.5 Å². The Balaban J connectivity index is 2.35. The van der Waals surface area contributed by atoms with Crippen molar-refractivity contribution in [2.45, 2.75) is 6.42 Å². The highest BCUT2D eigenvalue weighted by atomic mass is 35.5. The number of methoxy groups -OCH3 is 1. The molecular formula is C11H16ClN3O4. The summed E-state index contributed by atoms with van der Waals surface area (Å²) >= 11 is 5.67. The number of rotatable bonds is 9. The van der Waals surface area contributed by atoms with Crippen LogP contribution >= 0.6 is 11.6 Å². The summed E-state index contributed by atoms with van der Waals surface area (Å²) in [4.78, 5) is 14.2. The van der Waals surface area contributed by atoms with E-state index in [4.69, 9.17) is 21.1 Å². The van der Waals surface area contributed by atoms with Crippen LogP contribution in [0.5, 0.6) is 0 Å². The molecule has 0 spiro atoms. The van der Waals surface area contributed by atoms with Crippen molar-refractivity contribution in [1.29, 1.82) is 0 Å². The Labute approximate surface area is 116 Å². The van der Waals surface area contributed by atoms with Crippen LogP contribution in [0.4, 0.5) is 11.5 Å². The van der Waals surface area contributed by atoms with Crippen LogP contribution in [0.3, 0.4) is 0 Å². The maximum absolute atomic E-state index is 10.8. The maximum Gasteiger partial charge on any atom is 0.312 e. The van der Waals surface area contributed by atoms with Crippen LogP contribution in [-0.4, -0.2) is 43.4 Å². The van der Waals surface area contributed by atoms with Crippen molar-refractivity contribution >= 4 is 23.1 Å². The van der Waals surface area contributed by atoms with Crippen LogP contribution in [-0.2, 0) is 9.47 Å². The van der Waals surface area contributed by atoms with E-state index in [0.29, 0.717) is 32.8 Å². The molecule has 7 nitrogen and oxygen atoms in total. The van der Waals surface area contributed by atoms with Gasteiger partial charge in [0.15, 0.2) is 0 Å².